The summed E-state index contributed by atoms with van der Waals surface area (Å²) in [6.45, 7) is 3.06. The first-order chi connectivity index (χ1) is 8.67. The highest BCUT2D eigenvalue weighted by Gasteiger charge is 2.22. The standard InChI is InChI=1S/C14H19Cl2NO/c1-2-3-13(9-17-12-4-5-12)18-14-7-10(15)6-11(16)8-14/h6-8,12-13,17H,2-5,9H2,1H3. The maximum atomic E-state index is 5.97. The Balaban J connectivity index is 1.92. The maximum absolute atomic E-state index is 5.97. The van der Waals surface area contributed by atoms with Gasteiger partial charge in [0.05, 0.1) is 0 Å². The van der Waals surface area contributed by atoms with Gasteiger partial charge in [-0.05, 0) is 37.5 Å². The number of ether oxygens (including phenoxy) is 1. The van der Waals surface area contributed by atoms with Crippen LogP contribution in [0.25, 0.3) is 0 Å². The van der Waals surface area contributed by atoms with E-state index < -0.39 is 0 Å². The predicted octanol–water partition coefficient (Wildman–Crippen LogP) is 4.29. The third-order valence-corrected chi connectivity index (χ3v) is 3.40. The van der Waals surface area contributed by atoms with Gasteiger partial charge < -0.3 is 10.1 Å². The fourth-order valence-electron chi connectivity index (χ4n) is 1.90. The second-order valence-corrected chi connectivity index (χ2v) is 5.69. The van der Waals surface area contributed by atoms with Crippen molar-refractivity contribution in [3.05, 3.63) is 28.2 Å². The van der Waals surface area contributed by atoms with Gasteiger partial charge in [0, 0.05) is 22.6 Å². The Hall–Kier alpha value is -0.440. The summed E-state index contributed by atoms with van der Waals surface area (Å²) in [5.41, 5.74) is 0. The number of hydrogen-bond acceptors (Lipinski definition) is 2. The molecule has 0 aromatic heterocycles. The average Bonchev–Trinajstić information content (AvgIpc) is 3.08. The smallest absolute Gasteiger partial charge is 0.122 e. The largest absolute Gasteiger partial charge is 0.489 e. The van der Waals surface area contributed by atoms with E-state index in [9.17, 15) is 0 Å². The van der Waals surface area contributed by atoms with Crippen LogP contribution in [-0.2, 0) is 0 Å². The van der Waals surface area contributed by atoms with Crippen molar-refractivity contribution in [2.45, 2.75) is 44.8 Å². The van der Waals surface area contributed by atoms with E-state index in [-0.39, 0.29) is 6.10 Å². The van der Waals surface area contributed by atoms with E-state index in [2.05, 4.69) is 12.2 Å². The summed E-state index contributed by atoms with van der Waals surface area (Å²) in [5, 5.41) is 4.73. The van der Waals surface area contributed by atoms with Crippen molar-refractivity contribution in [3.63, 3.8) is 0 Å². The van der Waals surface area contributed by atoms with Gasteiger partial charge in [-0.3, -0.25) is 0 Å². The van der Waals surface area contributed by atoms with Crippen molar-refractivity contribution in [2.75, 3.05) is 6.54 Å². The monoisotopic (exact) mass is 287 g/mol. The molecule has 0 heterocycles. The van der Waals surface area contributed by atoms with Gasteiger partial charge in [-0.15, -0.1) is 0 Å². The summed E-state index contributed by atoms with van der Waals surface area (Å²) in [7, 11) is 0. The first kappa shape index (κ1) is 14.0. The van der Waals surface area contributed by atoms with Gasteiger partial charge in [-0.25, -0.2) is 0 Å². The number of hydrogen-bond donors (Lipinski definition) is 1. The molecule has 1 fully saturated rings. The van der Waals surface area contributed by atoms with Gasteiger partial charge in [0.25, 0.3) is 0 Å². The molecule has 4 heteroatoms. The van der Waals surface area contributed by atoms with Crippen LogP contribution in [0.2, 0.25) is 10.0 Å². The predicted molar refractivity (Wildman–Crippen MR) is 76.8 cm³/mol. The molecule has 2 rings (SSSR count). The first-order valence-electron chi connectivity index (χ1n) is 6.53. The molecule has 0 radical (unpaired) electrons. The molecule has 2 nitrogen and oxygen atoms in total. The molecule has 1 aromatic carbocycles. The molecule has 0 aliphatic heterocycles. The summed E-state index contributed by atoms with van der Waals surface area (Å²) in [6.07, 6.45) is 4.91. The maximum Gasteiger partial charge on any atom is 0.122 e. The van der Waals surface area contributed by atoms with E-state index in [1.165, 1.54) is 12.8 Å². The second kappa shape index (κ2) is 6.65. The van der Waals surface area contributed by atoms with Crippen LogP contribution in [0.5, 0.6) is 5.75 Å². The zero-order valence-electron chi connectivity index (χ0n) is 10.6. The number of halogens is 2. The SMILES string of the molecule is CCCC(CNC1CC1)Oc1cc(Cl)cc(Cl)c1. The summed E-state index contributed by atoms with van der Waals surface area (Å²) in [5.74, 6) is 0.753. The zero-order chi connectivity index (χ0) is 13.0. The molecule has 1 N–H and O–H groups in total. The third-order valence-electron chi connectivity index (χ3n) is 2.96. The van der Waals surface area contributed by atoms with Gasteiger partial charge in [-0.1, -0.05) is 36.5 Å². The van der Waals surface area contributed by atoms with Crippen molar-refractivity contribution in [1.82, 2.24) is 5.32 Å². The van der Waals surface area contributed by atoms with Gasteiger partial charge >= 0.3 is 0 Å². The van der Waals surface area contributed by atoms with Crippen LogP contribution in [-0.4, -0.2) is 18.7 Å². The van der Waals surface area contributed by atoms with E-state index >= 15 is 0 Å². The second-order valence-electron chi connectivity index (χ2n) is 4.82. The number of rotatable bonds is 7. The van der Waals surface area contributed by atoms with Crippen molar-refractivity contribution >= 4 is 23.2 Å². The van der Waals surface area contributed by atoms with Gasteiger partial charge in [0.2, 0.25) is 0 Å². The zero-order valence-corrected chi connectivity index (χ0v) is 12.1. The fourth-order valence-corrected chi connectivity index (χ4v) is 2.41. The van der Waals surface area contributed by atoms with E-state index in [1.807, 2.05) is 12.1 Å². The number of benzene rings is 1. The molecule has 0 spiro atoms. The molecule has 18 heavy (non-hydrogen) atoms. The Labute approximate surface area is 119 Å². The van der Waals surface area contributed by atoms with Crippen molar-refractivity contribution in [1.29, 1.82) is 0 Å². The Morgan fingerprint density at radius 3 is 2.50 bits per heavy atom. The molecular formula is C14H19Cl2NO. The topological polar surface area (TPSA) is 21.3 Å². The van der Waals surface area contributed by atoms with Gasteiger partial charge in [0.1, 0.15) is 11.9 Å². The molecule has 1 unspecified atom stereocenters. The van der Waals surface area contributed by atoms with E-state index in [0.717, 1.165) is 25.1 Å². The molecule has 100 valence electrons. The molecule has 0 bridgehead atoms. The van der Waals surface area contributed by atoms with Crippen LogP contribution in [0.4, 0.5) is 0 Å². The minimum absolute atomic E-state index is 0.185. The van der Waals surface area contributed by atoms with Crippen molar-refractivity contribution in [2.24, 2.45) is 0 Å². The van der Waals surface area contributed by atoms with Crippen LogP contribution in [0, 0.1) is 0 Å². The fraction of sp³-hybridized carbons (Fsp3) is 0.571. The molecular weight excluding hydrogens is 269 g/mol. The highest BCUT2D eigenvalue weighted by Crippen LogP contribution is 2.26. The van der Waals surface area contributed by atoms with Gasteiger partial charge in [0.15, 0.2) is 0 Å². The van der Waals surface area contributed by atoms with Crippen LogP contribution in [0.1, 0.15) is 32.6 Å². The quantitative estimate of drug-likeness (QED) is 0.808. The van der Waals surface area contributed by atoms with Crippen molar-refractivity contribution < 1.29 is 4.74 Å². The van der Waals surface area contributed by atoms with Crippen LogP contribution in [0.15, 0.2) is 18.2 Å². The Morgan fingerprint density at radius 2 is 1.94 bits per heavy atom. The molecule has 1 saturated carbocycles. The Kier molecular flexibility index (Phi) is 5.16. The summed E-state index contributed by atoms with van der Waals surface area (Å²) < 4.78 is 5.96. The third kappa shape index (κ3) is 4.68. The Morgan fingerprint density at radius 1 is 1.28 bits per heavy atom. The summed E-state index contributed by atoms with van der Waals surface area (Å²) in [4.78, 5) is 0. The molecule has 1 aliphatic rings. The molecule has 0 saturated heterocycles. The van der Waals surface area contributed by atoms with Crippen LogP contribution >= 0.6 is 23.2 Å². The summed E-state index contributed by atoms with van der Waals surface area (Å²) in [6, 6.07) is 6.05. The molecule has 1 atom stereocenters. The lowest BCUT2D eigenvalue weighted by atomic mass is 10.2. The summed E-state index contributed by atoms with van der Waals surface area (Å²) >= 11 is 11.9. The molecule has 1 aliphatic carbocycles. The highest BCUT2D eigenvalue weighted by molar-refractivity contribution is 6.34. The minimum atomic E-state index is 0.185. The van der Waals surface area contributed by atoms with Gasteiger partial charge in [-0.2, -0.15) is 0 Å². The normalized spacial score (nSPS) is 16.6. The minimum Gasteiger partial charge on any atom is -0.489 e. The van der Waals surface area contributed by atoms with Crippen LogP contribution < -0.4 is 10.1 Å². The lowest BCUT2D eigenvalue weighted by molar-refractivity contribution is 0.186. The Bertz CT molecular complexity index is 373. The lowest BCUT2D eigenvalue weighted by Gasteiger charge is -2.19. The van der Waals surface area contributed by atoms with E-state index in [4.69, 9.17) is 27.9 Å². The van der Waals surface area contributed by atoms with E-state index in [0.29, 0.717) is 16.1 Å². The molecule has 1 aromatic rings. The van der Waals surface area contributed by atoms with Crippen LogP contribution in [0.3, 0.4) is 0 Å². The highest BCUT2D eigenvalue weighted by atomic mass is 35.5. The number of nitrogens with one attached hydrogen (secondary N) is 1. The first-order valence-corrected chi connectivity index (χ1v) is 7.29. The lowest BCUT2D eigenvalue weighted by Crippen LogP contribution is -2.32. The van der Waals surface area contributed by atoms with Crippen molar-refractivity contribution in [3.8, 4) is 5.75 Å². The average molecular weight is 288 g/mol. The molecule has 0 amide bonds. The van der Waals surface area contributed by atoms with E-state index in [1.54, 1.807) is 6.07 Å².